The topological polar surface area (TPSA) is 37.3 Å². The number of carbonyl (C=O) groups is 1. The van der Waals surface area contributed by atoms with E-state index in [-0.39, 0.29) is 35.5 Å². The molecular formula is C11H23NaO2. The normalized spacial score (nSPS) is 11.9. The van der Waals surface area contributed by atoms with Crippen LogP contribution >= 0.6 is 0 Å². The Balaban J connectivity index is 0. The number of aliphatic carboxylic acids is 1. The predicted octanol–water partition coefficient (Wildman–Crippen LogP) is 2.81. The van der Waals surface area contributed by atoms with Crippen molar-refractivity contribution in [3.05, 3.63) is 0 Å². The standard InChI is InChI=1S/C11H22O2.Na.H/c1-3-5-6-7-9-10(8-4-2)11(12)13;;/h10H,3-9H2,1-2H3,(H,12,13);;/t10-;;/m1../s1. The van der Waals surface area contributed by atoms with Gasteiger partial charge in [0.2, 0.25) is 0 Å². The van der Waals surface area contributed by atoms with Gasteiger partial charge in [-0.05, 0) is 12.8 Å². The Morgan fingerprint density at radius 1 is 1.07 bits per heavy atom. The third-order valence-corrected chi connectivity index (χ3v) is 2.39. The molecule has 3 heteroatoms. The van der Waals surface area contributed by atoms with E-state index in [2.05, 4.69) is 6.92 Å². The van der Waals surface area contributed by atoms with Crippen molar-refractivity contribution < 1.29 is 9.90 Å². The van der Waals surface area contributed by atoms with Gasteiger partial charge < -0.3 is 5.11 Å². The third-order valence-electron chi connectivity index (χ3n) is 2.39. The molecule has 1 N–H and O–H groups in total. The van der Waals surface area contributed by atoms with Gasteiger partial charge in [-0.2, -0.15) is 0 Å². The molecule has 2 nitrogen and oxygen atoms in total. The molecule has 14 heavy (non-hydrogen) atoms. The molecule has 0 aliphatic rings. The second kappa shape index (κ2) is 11.5. The summed E-state index contributed by atoms with van der Waals surface area (Å²) in [5.74, 6) is -0.708. The molecule has 1 atom stereocenters. The van der Waals surface area contributed by atoms with Crippen LogP contribution in [-0.2, 0) is 4.79 Å². The van der Waals surface area contributed by atoms with Gasteiger partial charge in [0.25, 0.3) is 0 Å². The van der Waals surface area contributed by atoms with Crippen LogP contribution in [0.2, 0.25) is 0 Å². The molecule has 0 bridgehead atoms. The van der Waals surface area contributed by atoms with E-state index in [1.54, 1.807) is 0 Å². The Morgan fingerprint density at radius 2 is 1.71 bits per heavy atom. The first-order valence-corrected chi connectivity index (χ1v) is 5.45. The Labute approximate surface area is 110 Å². The molecule has 0 fully saturated rings. The zero-order valence-electron chi connectivity index (χ0n) is 8.88. The van der Waals surface area contributed by atoms with Gasteiger partial charge in [-0.1, -0.05) is 46.0 Å². The van der Waals surface area contributed by atoms with Crippen molar-refractivity contribution >= 4 is 35.5 Å². The maximum absolute atomic E-state index is 10.8. The molecule has 0 aromatic heterocycles. The zero-order valence-corrected chi connectivity index (χ0v) is 8.88. The third kappa shape index (κ3) is 9.04. The average molecular weight is 210 g/mol. The molecule has 0 spiro atoms. The van der Waals surface area contributed by atoms with E-state index in [4.69, 9.17) is 5.11 Å². The summed E-state index contributed by atoms with van der Waals surface area (Å²) >= 11 is 0. The van der Waals surface area contributed by atoms with Crippen molar-refractivity contribution in [2.45, 2.75) is 58.8 Å². The molecule has 0 unspecified atom stereocenters. The average Bonchev–Trinajstić information content (AvgIpc) is 2.10. The Kier molecular flexibility index (Phi) is 13.9. The monoisotopic (exact) mass is 210 g/mol. The molecule has 0 radical (unpaired) electrons. The van der Waals surface area contributed by atoms with Gasteiger partial charge in [0.1, 0.15) is 0 Å². The van der Waals surface area contributed by atoms with E-state index in [0.717, 1.165) is 25.7 Å². The van der Waals surface area contributed by atoms with Crippen LogP contribution in [0, 0.1) is 5.92 Å². The SMILES string of the molecule is CCCCCC[C@@H](CCC)C(=O)O.[NaH]. The number of carboxylic acid groups (broad SMARTS) is 1. The molecule has 0 aromatic rings. The second-order valence-corrected chi connectivity index (χ2v) is 3.67. The van der Waals surface area contributed by atoms with E-state index in [0.29, 0.717) is 0 Å². The van der Waals surface area contributed by atoms with Crippen LogP contribution in [0.5, 0.6) is 0 Å². The van der Waals surface area contributed by atoms with Crippen molar-refractivity contribution in [2.24, 2.45) is 5.92 Å². The fourth-order valence-corrected chi connectivity index (χ4v) is 1.56. The van der Waals surface area contributed by atoms with E-state index in [1.807, 2.05) is 6.92 Å². The molecule has 0 aromatic carbocycles. The molecule has 0 saturated carbocycles. The van der Waals surface area contributed by atoms with E-state index >= 15 is 0 Å². The number of carboxylic acids is 1. The van der Waals surface area contributed by atoms with E-state index in [9.17, 15) is 4.79 Å². The number of rotatable bonds is 8. The van der Waals surface area contributed by atoms with Crippen LogP contribution in [0.4, 0.5) is 0 Å². The van der Waals surface area contributed by atoms with Crippen molar-refractivity contribution in [1.29, 1.82) is 0 Å². The van der Waals surface area contributed by atoms with Gasteiger partial charge in [0, 0.05) is 0 Å². The molecule has 0 amide bonds. The van der Waals surface area contributed by atoms with Gasteiger partial charge in [-0.15, -0.1) is 0 Å². The van der Waals surface area contributed by atoms with Crippen LogP contribution in [0.15, 0.2) is 0 Å². The van der Waals surface area contributed by atoms with Gasteiger partial charge in [0.05, 0.1) is 5.92 Å². The summed E-state index contributed by atoms with van der Waals surface area (Å²) in [4.78, 5) is 10.8. The molecule has 0 heterocycles. The summed E-state index contributed by atoms with van der Waals surface area (Å²) in [6.45, 7) is 4.21. The van der Waals surface area contributed by atoms with Crippen molar-refractivity contribution in [3.8, 4) is 0 Å². The Bertz CT molecular complexity index is 137. The minimum atomic E-state index is -0.613. The van der Waals surface area contributed by atoms with Crippen LogP contribution in [0.1, 0.15) is 58.8 Å². The molecule has 0 aliphatic heterocycles. The van der Waals surface area contributed by atoms with Crippen molar-refractivity contribution in [2.75, 3.05) is 0 Å². The number of hydrogen-bond donors (Lipinski definition) is 1. The van der Waals surface area contributed by atoms with Crippen LogP contribution < -0.4 is 0 Å². The van der Waals surface area contributed by atoms with Gasteiger partial charge >= 0.3 is 35.5 Å². The van der Waals surface area contributed by atoms with Crippen molar-refractivity contribution in [1.82, 2.24) is 0 Å². The van der Waals surface area contributed by atoms with Crippen LogP contribution in [0.3, 0.4) is 0 Å². The summed E-state index contributed by atoms with van der Waals surface area (Å²) in [6, 6.07) is 0. The molecule has 80 valence electrons. The van der Waals surface area contributed by atoms with Crippen LogP contribution in [-0.4, -0.2) is 40.6 Å². The minimum absolute atomic E-state index is 0. The summed E-state index contributed by atoms with van der Waals surface area (Å²) in [6.07, 6.45) is 7.38. The Morgan fingerprint density at radius 3 is 2.14 bits per heavy atom. The van der Waals surface area contributed by atoms with Crippen LogP contribution in [0.25, 0.3) is 0 Å². The predicted molar refractivity (Wildman–Crippen MR) is 61.9 cm³/mol. The molecular weight excluding hydrogens is 187 g/mol. The first-order chi connectivity index (χ1) is 6.22. The quantitative estimate of drug-likeness (QED) is 0.494. The summed E-state index contributed by atoms with van der Waals surface area (Å²) < 4.78 is 0. The van der Waals surface area contributed by atoms with E-state index < -0.39 is 5.97 Å². The maximum atomic E-state index is 10.8. The van der Waals surface area contributed by atoms with Gasteiger partial charge in [-0.25, -0.2) is 0 Å². The number of hydrogen-bond acceptors (Lipinski definition) is 1. The first kappa shape index (κ1) is 16.9. The fourth-order valence-electron chi connectivity index (χ4n) is 1.56. The summed E-state index contributed by atoms with van der Waals surface area (Å²) in [5.41, 5.74) is 0. The van der Waals surface area contributed by atoms with Gasteiger partial charge in [0.15, 0.2) is 0 Å². The Hall–Kier alpha value is 0.470. The first-order valence-electron chi connectivity index (χ1n) is 5.45. The van der Waals surface area contributed by atoms with Gasteiger partial charge in [-0.3, -0.25) is 4.79 Å². The molecule has 0 saturated heterocycles. The zero-order chi connectivity index (χ0) is 10.1. The second-order valence-electron chi connectivity index (χ2n) is 3.67. The summed E-state index contributed by atoms with van der Waals surface area (Å²) in [5, 5.41) is 8.86. The molecule has 0 aliphatic carbocycles. The van der Waals surface area contributed by atoms with E-state index in [1.165, 1.54) is 19.3 Å². The number of unbranched alkanes of at least 4 members (excludes halogenated alkanes) is 3. The van der Waals surface area contributed by atoms with Crippen molar-refractivity contribution in [3.63, 3.8) is 0 Å². The summed E-state index contributed by atoms with van der Waals surface area (Å²) in [7, 11) is 0. The fraction of sp³-hybridized carbons (Fsp3) is 0.909. The molecule has 0 rings (SSSR count).